The lowest BCUT2D eigenvalue weighted by atomic mass is 10.3. The molecule has 0 saturated heterocycles. The normalized spacial score (nSPS) is 16.2. The molecular weight excluding hydrogens is 376 g/mol. The van der Waals surface area contributed by atoms with Gasteiger partial charge in [-0.05, 0) is 6.07 Å². The number of hydrogen-bond donors (Lipinski definition) is 3. The number of nitrogens with two attached hydrogens (primary N) is 1. The summed E-state index contributed by atoms with van der Waals surface area (Å²) in [5.41, 5.74) is 4.76. The van der Waals surface area contributed by atoms with Crippen LogP contribution in [0.15, 0.2) is 17.1 Å². The molecule has 1 heterocycles. The lowest BCUT2D eigenvalue weighted by Crippen LogP contribution is -2.32. The molecule has 0 aliphatic carbocycles. The number of halogens is 1. The summed E-state index contributed by atoms with van der Waals surface area (Å²) >= 11 is 1.38. The van der Waals surface area contributed by atoms with Crippen molar-refractivity contribution in [1.29, 1.82) is 0 Å². The number of anilines is 1. The van der Waals surface area contributed by atoms with Gasteiger partial charge in [-0.25, -0.2) is 4.79 Å². The van der Waals surface area contributed by atoms with Crippen LogP contribution in [0.2, 0.25) is 0 Å². The fourth-order valence-corrected chi connectivity index (χ4v) is 2.04. The van der Waals surface area contributed by atoms with E-state index in [1.54, 1.807) is 0 Å². The van der Waals surface area contributed by atoms with Crippen molar-refractivity contribution in [3.8, 4) is 0 Å². The Morgan fingerprint density at radius 3 is 2.83 bits per heavy atom. The molecule has 1 rings (SSSR count). The number of aliphatic hydroxyl groups excluding tert-OH is 1. The van der Waals surface area contributed by atoms with Gasteiger partial charge in [0.15, 0.2) is 0 Å². The van der Waals surface area contributed by atoms with Crippen LogP contribution in [0, 0.1) is 0 Å². The molecule has 0 radical (unpaired) electrons. The lowest BCUT2D eigenvalue weighted by Gasteiger charge is -2.16. The molecule has 0 aromatic carbocycles. The van der Waals surface area contributed by atoms with E-state index in [9.17, 15) is 9.36 Å². The number of rotatable bonds is 6. The first kappa shape index (κ1) is 15.6. The molecule has 102 valence electrons. The summed E-state index contributed by atoms with van der Waals surface area (Å²) < 4.78 is 17.3. The summed E-state index contributed by atoms with van der Waals surface area (Å²) in [6.07, 6.45) is 0.262. The van der Waals surface area contributed by atoms with Crippen molar-refractivity contribution in [2.24, 2.45) is 0 Å². The highest BCUT2D eigenvalue weighted by molar-refractivity contribution is 14.2. The molecule has 1 aromatic rings. The quantitative estimate of drug-likeness (QED) is 0.454. The van der Waals surface area contributed by atoms with Crippen molar-refractivity contribution >= 4 is 32.9 Å². The van der Waals surface area contributed by atoms with E-state index in [-0.39, 0.29) is 19.0 Å². The van der Waals surface area contributed by atoms with Gasteiger partial charge in [-0.1, -0.05) is 0 Å². The fourth-order valence-electron chi connectivity index (χ4n) is 1.16. The van der Waals surface area contributed by atoms with Crippen LogP contribution in [0.1, 0.15) is 0 Å². The number of aliphatic hydroxyl groups is 1. The van der Waals surface area contributed by atoms with E-state index >= 15 is 0 Å². The van der Waals surface area contributed by atoms with E-state index < -0.39 is 23.2 Å². The van der Waals surface area contributed by atoms with Gasteiger partial charge in [0.2, 0.25) is 0 Å². The smallest absolute Gasteiger partial charge is 0.349 e. The van der Waals surface area contributed by atoms with Gasteiger partial charge < -0.3 is 20.5 Å². The highest BCUT2D eigenvalue weighted by Gasteiger charge is 2.17. The second-order valence-electron chi connectivity index (χ2n) is 3.50. The summed E-state index contributed by atoms with van der Waals surface area (Å²) in [5, 5.41) is 5.73. The third-order valence-corrected chi connectivity index (χ3v) is 3.27. The van der Waals surface area contributed by atoms with E-state index in [4.69, 9.17) is 20.5 Å². The highest BCUT2D eigenvalue weighted by atomic mass is 127. The van der Waals surface area contributed by atoms with Gasteiger partial charge in [-0.3, -0.25) is 9.13 Å². The van der Waals surface area contributed by atoms with E-state index in [1.807, 2.05) is 0 Å². The van der Waals surface area contributed by atoms with Crippen LogP contribution >= 0.6 is 27.1 Å². The topological polar surface area (TPSA) is 128 Å². The van der Waals surface area contributed by atoms with Crippen molar-refractivity contribution in [1.82, 2.24) is 9.55 Å². The average molecular weight is 389 g/mol. The second kappa shape index (κ2) is 6.62. The zero-order chi connectivity index (χ0) is 13.8. The van der Waals surface area contributed by atoms with Gasteiger partial charge in [0.25, 0.3) is 5.01 Å². The minimum atomic E-state index is -3.34. The van der Waals surface area contributed by atoms with Crippen molar-refractivity contribution in [3.05, 3.63) is 22.7 Å². The number of nitrogen functional groups attached to an aromatic ring is 1. The summed E-state index contributed by atoms with van der Waals surface area (Å²) in [5.74, 6) is 0.102. The fraction of sp³-hybridized carbons (Fsp3) is 0.500. The van der Waals surface area contributed by atoms with Crippen LogP contribution in [-0.2, 0) is 15.8 Å². The van der Waals surface area contributed by atoms with Crippen molar-refractivity contribution in [3.63, 3.8) is 0 Å². The number of nitrogens with zero attached hydrogens (tertiary/aromatic N) is 2. The molecule has 1 aromatic heterocycles. The lowest BCUT2D eigenvalue weighted by molar-refractivity contribution is 0.0234. The Balaban J connectivity index is 2.68. The monoisotopic (exact) mass is 389 g/mol. The van der Waals surface area contributed by atoms with Crippen molar-refractivity contribution in [2.75, 3.05) is 18.7 Å². The SMILES string of the molecule is Nc1ccn(CC(CO)OCP(=O)(O)I)c(=O)n1. The van der Waals surface area contributed by atoms with Crippen LogP contribution in [0.25, 0.3) is 0 Å². The number of ether oxygens (including phenoxy) is 1. The van der Waals surface area contributed by atoms with E-state index in [2.05, 4.69) is 4.98 Å². The molecule has 0 bridgehead atoms. The second-order valence-corrected chi connectivity index (χ2v) is 9.52. The average Bonchev–Trinajstić information content (AvgIpc) is 2.25. The van der Waals surface area contributed by atoms with Crippen molar-refractivity contribution in [2.45, 2.75) is 12.6 Å². The largest absolute Gasteiger partial charge is 0.394 e. The predicted octanol–water partition coefficient (Wildman–Crippen LogP) is -0.219. The maximum atomic E-state index is 11.4. The van der Waals surface area contributed by atoms with Crippen LogP contribution in [0.4, 0.5) is 5.82 Å². The third kappa shape index (κ3) is 5.44. The molecule has 10 heteroatoms. The maximum absolute atomic E-state index is 11.4. The molecule has 8 nitrogen and oxygen atoms in total. The molecule has 0 aliphatic heterocycles. The molecule has 4 N–H and O–H groups in total. The summed E-state index contributed by atoms with van der Waals surface area (Å²) in [7, 11) is 0. The van der Waals surface area contributed by atoms with Crippen LogP contribution in [0.5, 0.6) is 0 Å². The first-order valence-corrected chi connectivity index (χ1v) is 9.52. The van der Waals surface area contributed by atoms with Crippen LogP contribution in [-0.4, -0.2) is 38.6 Å². The van der Waals surface area contributed by atoms with Crippen molar-refractivity contribution < 1.29 is 19.3 Å². The third-order valence-electron chi connectivity index (χ3n) is 1.97. The van der Waals surface area contributed by atoms with Gasteiger partial charge in [0, 0.05) is 28.2 Å². The van der Waals surface area contributed by atoms with E-state index in [0.717, 1.165) is 0 Å². The molecule has 2 unspecified atom stereocenters. The zero-order valence-electron chi connectivity index (χ0n) is 9.27. The Hall–Kier alpha value is -0.480. The Morgan fingerprint density at radius 2 is 2.33 bits per heavy atom. The standard InChI is InChI=1S/C8H13IN3O5P/c9-18(15,16)5-17-6(4-13)3-12-2-1-7(10)11-8(12)14/h1-2,6,13H,3-5H2,(H,15,16)(H2,10,11,14). The van der Waals surface area contributed by atoms with Gasteiger partial charge in [-0.2, -0.15) is 4.98 Å². The summed E-state index contributed by atoms with van der Waals surface area (Å²) in [4.78, 5) is 24.0. The van der Waals surface area contributed by atoms with Gasteiger partial charge in [0.1, 0.15) is 12.2 Å². The first-order valence-electron chi connectivity index (χ1n) is 4.88. The van der Waals surface area contributed by atoms with Gasteiger partial charge in [-0.15, -0.1) is 0 Å². The Kier molecular flexibility index (Phi) is 5.73. The van der Waals surface area contributed by atoms with E-state index in [1.165, 1.54) is 38.9 Å². The highest BCUT2D eigenvalue weighted by Crippen LogP contribution is 2.49. The predicted molar refractivity (Wildman–Crippen MR) is 73.6 cm³/mol. The van der Waals surface area contributed by atoms with Crippen LogP contribution < -0.4 is 11.4 Å². The summed E-state index contributed by atoms with van der Waals surface area (Å²) in [6.45, 7) is -0.354. The zero-order valence-corrected chi connectivity index (χ0v) is 12.3. The van der Waals surface area contributed by atoms with Gasteiger partial charge in [0.05, 0.1) is 19.3 Å². The van der Waals surface area contributed by atoms with E-state index in [0.29, 0.717) is 0 Å². The molecule has 0 aliphatic rings. The van der Waals surface area contributed by atoms with Crippen LogP contribution in [0.3, 0.4) is 0 Å². The Labute approximate surface area is 116 Å². The molecule has 0 amide bonds. The molecule has 0 saturated carbocycles. The maximum Gasteiger partial charge on any atom is 0.349 e. The number of aromatic nitrogens is 2. The Morgan fingerprint density at radius 1 is 1.67 bits per heavy atom. The Bertz CT molecular complexity index is 502. The molecule has 0 fully saturated rings. The first-order chi connectivity index (χ1) is 8.31. The molecule has 2 atom stereocenters. The molecule has 0 spiro atoms. The molecular formula is C8H13IN3O5P. The number of hydrogen-bond acceptors (Lipinski definition) is 6. The summed E-state index contributed by atoms with van der Waals surface area (Å²) in [6, 6.07) is 1.44. The molecule has 18 heavy (non-hydrogen) atoms. The minimum Gasteiger partial charge on any atom is -0.394 e. The van der Waals surface area contributed by atoms with Gasteiger partial charge >= 0.3 is 5.69 Å². The minimum absolute atomic E-state index is 0.0270.